The molecule has 0 fully saturated rings. The summed E-state index contributed by atoms with van der Waals surface area (Å²) in [5, 5.41) is 0. The van der Waals surface area contributed by atoms with Crippen LogP contribution in [-0.2, 0) is 0 Å². The lowest BCUT2D eigenvalue weighted by Crippen LogP contribution is -1.92. The molecule has 0 atom stereocenters. The monoisotopic (exact) mass is 335 g/mol. The summed E-state index contributed by atoms with van der Waals surface area (Å²) in [5.74, 6) is 0.910. The second-order valence-electron chi connectivity index (χ2n) is 4.33. The summed E-state index contributed by atoms with van der Waals surface area (Å²) in [4.78, 5) is 7.51. The van der Waals surface area contributed by atoms with Gasteiger partial charge in [0.25, 0.3) is 0 Å². The Balaban J connectivity index is 2.12. The van der Waals surface area contributed by atoms with Gasteiger partial charge in [0, 0.05) is 11.6 Å². The fraction of sp³-hybridized carbons (Fsp3) is 0.0714. The van der Waals surface area contributed by atoms with E-state index in [9.17, 15) is 4.39 Å². The van der Waals surface area contributed by atoms with Crippen molar-refractivity contribution in [2.45, 2.75) is 0 Å². The summed E-state index contributed by atoms with van der Waals surface area (Å²) in [6, 6.07) is 8.43. The van der Waals surface area contributed by atoms with Gasteiger partial charge >= 0.3 is 0 Å². The van der Waals surface area contributed by atoms with Crippen molar-refractivity contribution in [3.05, 3.63) is 40.6 Å². The third-order valence-corrected chi connectivity index (χ3v) is 3.63. The second kappa shape index (κ2) is 4.79. The number of hydrogen-bond acceptors (Lipinski definition) is 3. The van der Waals surface area contributed by atoms with E-state index in [1.54, 1.807) is 25.3 Å². The normalized spacial score (nSPS) is 10.9. The van der Waals surface area contributed by atoms with Crippen LogP contribution in [0.2, 0.25) is 0 Å². The van der Waals surface area contributed by atoms with Gasteiger partial charge in [0.1, 0.15) is 17.4 Å². The number of hydrogen-bond donors (Lipinski definition) is 2. The summed E-state index contributed by atoms with van der Waals surface area (Å²) >= 11 is 3.15. The van der Waals surface area contributed by atoms with Crippen molar-refractivity contribution < 1.29 is 9.13 Å². The van der Waals surface area contributed by atoms with Gasteiger partial charge in [-0.15, -0.1) is 0 Å². The van der Waals surface area contributed by atoms with E-state index < -0.39 is 0 Å². The number of anilines is 1. The number of ether oxygens (including phenoxy) is 1. The lowest BCUT2D eigenvalue weighted by atomic mass is 10.2. The van der Waals surface area contributed by atoms with Crippen molar-refractivity contribution in [1.29, 1.82) is 0 Å². The maximum atomic E-state index is 13.5. The third-order valence-electron chi connectivity index (χ3n) is 3.03. The third kappa shape index (κ3) is 2.12. The zero-order chi connectivity index (χ0) is 14.3. The van der Waals surface area contributed by atoms with Crippen LogP contribution in [0.15, 0.2) is 34.8 Å². The highest BCUT2D eigenvalue weighted by atomic mass is 79.9. The fourth-order valence-corrected chi connectivity index (χ4v) is 2.35. The lowest BCUT2D eigenvalue weighted by molar-refractivity contribution is 0.417. The number of aromatic nitrogens is 2. The molecule has 0 saturated heterocycles. The second-order valence-corrected chi connectivity index (χ2v) is 5.18. The maximum absolute atomic E-state index is 13.5. The van der Waals surface area contributed by atoms with Gasteiger partial charge in [-0.3, -0.25) is 0 Å². The number of halogens is 2. The molecular formula is C14H11BrFN3O. The fourth-order valence-electron chi connectivity index (χ4n) is 2.02. The van der Waals surface area contributed by atoms with Crippen LogP contribution in [0.1, 0.15) is 0 Å². The number of nitrogen functional groups attached to an aromatic ring is 1. The zero-order valence-electron chi connectivity index (χ0n) is 10.6. The number of fused-ring (bicyclic) bond motifs is 1. The number of nitrogens with zero attached hydrogens (tertiary/aromatic N) is 1. The lowest BCUT2D eigenvalue weighted by Gasteiger charge is -2.05. The molecule has 0 amide bonds. The van der Waals surface area contributed by atoms with Crippen LogP contribution in [0, 0.1) is 5.82 Å². The number of rotatable bonds is 2. The Morgan fingerprint density at radius 1 is 1.30 bits per heavy atom. The Kier molecular flexibility index (Phi) is 3.10. The van der Waals surface area contributed by atoms with Crippen molar-refractivity contribution in [3.8, 4) is 17.1 Å². The van der Waals surface area contributed by atoms with Gasteiger partial charge in [0.05, 0.1) is 28.3 Å². The number of H-pyrrole nitrogens is 1. The van der Waals surface area contributed by atoms with Crippen LogP contribution in [0.25, 0.3) is 22.4 Å². The highest BCUT2D eigenvalue weighted by molar-refractivity contribution is 9.10. The Morgan fingerprint density at radius 3 is 2.80 bits per heavy atom. The Bertz CT molecular complexity index is 761. The summed E-state index contributed by atoms with van der Waals surface area (Å²) in [5.41, 5.74) is 8.54. The highest BCUT2D eigenvalue weighted by Crippen LogP contribution is 2.29. The average molecular weight is 336 g/mol. The largest absolute Gasteiger partial charge is 0.495 e. The molecule has 0 saturated carbocycles. The quantitative estimate of drug-likeness (QED) is 0.701. The summed E-state index contributed by atoms with van der Waals surface area (Å²) in [7, 11) is 1.56. The standard InChI is InChI=1S/C14H11BrFN3O/c1-20-13-3-2-7(4-10(13)17)14-18-11-5-8(15)9(16)6-12(11)19-14/h2-6H,17H2,1H3,(H,18,19). The van der Waals surface area contributed by atoms with E-state index in [0.29, 0.717) is 32.8 Å². The minimum atomic E-state index is -0.332. The van der Waals surface area contributed by atoms with Crippen LogP contribution in [0.4, 0.5) is 10.1 Å². The van der Waals surface area contributed by atoms with Gasteiger partial charge in [-0.1, -0.05) is 0 Å². The highest BCUT2D eigenvalue weighted by Gasteiger charge is 2.10. The molecule has 3 rings (SSSR count). The molecule has 1 aromatic heterocycles. The first-order chi connectivity index (χ1) is 9.58. The van der Waals surface area contributed by atoms with Crippen molar-refractivity contribution >= 4 is 32.7 Å². The molecule has 0 radical (unpaired) electrons. The van der Waals surface area contributed by atoms with Crippen LogP contribution in [0.3, 0.4) is 0 Å². The molecule has 20 heavy (non-hydrogen) atoms. The molecule has 0 spiro atoms. The van der Waals surface area contributed by atoms with Gasteiger partial charge in [0.15, 0.2) is 0 Å². The molecule has 4 nitrogen and oxygen atoms in total. The number of methoxy groups -OCH3 is 1. The van der Waals surface area contributed by atoms with E-state index in [4.69, 9.17) is 10.5 Å². The smallest absolute Gasteiger partial charge is 0.141 e. The van der Waals surface area contributed by atoms with Crippen molar-refractivity contribution in [2.75, 3.05) is 12.8 Å². The first-order valence-corrected chi connectivity index (χ1v) is 6.66. The minimum absolute atomic E-state index is 0.332. The maximum Gasteiger partial charge on any atom is 0.141 e. The number of nitrogens with one attached hydrogen (secondary N) is 1. The van der Waals surface area contributed by atoms with E-state index in [-0.39, 0.29) is 5.82 Å². The Morgan fingerprint density at radius 2 is 2.10 bits per heavy atom. The molecule has 0 aliphatic rings. The number of aromatic amines is 1. The molecule has 0 bridgehead atoms. The first-order valence-electron chi connectivity index (χ1n) is 5.87. The van der Waals surface area contributed by atoms with E-state index >= 15 is 0 Å². The Labute approximate surface area is 122 Å². The van der Waals surface area contributed by atoms with E-state index in [1.165, 1.54) is 6.07 Å². The predicted octanol–water partition coefficient (Wildman–Crippen LogP) is 3.72. The van der Waals surface area contributed by atoms with Crippen molar-refractivity contribution in [1.82, 2.24) is 9.97 Å². The number of nitrogens with two attached hydrogens (primary N) is 1. The van der Waals surface area contributed by atoms with Gasteiger partial charge in [-0.2, -0.15) is 0 Å². The SMILES string of the molecule is COc1ccc(-c2nc3cc(Br)c(F)cc3[nH]2)cc1N. The van der Waals surface area contributed by atoms with Gasteiger partial charge in [0.2, 0.25) is 0 Å². The van der Waals surface area contributed by atoms with Gasteiger partial charge in [-0.25, -0.2) is 9.37 Å². The van der Waals surface area contributed by atoms with E-state index in [1.807, 2.05) is 6.07 Å². The minimum Gasteiger partial charge on any atom is -0.495 e. The molecule has 0 unspecified atom stereocenters. The van der Waals surface area contributed by atoms with Gasteiger partial charge in [-0.05, 0) is 40.2 Å². The van der Waals surface area contributed by atoms with Crippen molar-refractivity contribution in [2.24, 2.45) is 0 Å². The molecule has 3 aromatic rings. The van der Waals surface area contributed by atoms with E-state index in [0.717, 1.165) is 5.56 Å². The van der Waals surface area contributed by atoms with Crippen LogP contribution < -0.4 is 10.5 Å². The molecule has 0 aliphatic heterocycles. The zero-order valence-corrected chi connectivity index (χ0v) is 12.2. The molecule has 6 heteroatoms. The van der Waals surface area contributed by atoms with Crippen LogP contribution in [-0.4, -0.2) is 17.1 Å². The molecule has 1 heterocycles. The predicted molar refractivity (Wildman–Crippen MR) is 80.2 cm³/mol. The van der Waals surface area contributed by atoms with Crippen molar-refractivity contribution in [3.63, 3.8) is 0 Å². The number of benzene rings is 2. The molecular weight excluding hydrogens is 325 g/mol. The Hall–Kier alpha value is -2.08. The summed E-state index contributed by atoms with van der Waals surface area (Å²) in [6.07, 6.45) is 0. The summed E-state index contributed by atoms with van der Waals surface area (Å²) < 4.78 is 19.0. The summed E-state index contributed by atoms with van der Waals surface area (Å²) in [6.45, 7) is 0. The molecule has 2 aromatic carbocycles. The first kappa shape index (κ1) is 12.9. The van der Waals surface area contributed by atoms with Crippen LogP contribution >= 0.6 is 15.9 Å². The topological polar surface area (TPSA) is 63.9 Å². The van der Waals surface area contributed by atoms with E-state index in [2.05, 4.69) is 25.9 Å². The average Bonchev–Trinajstić information content (AvgIpc) is 2.82. The molecule has 3 N–H and O–H groups in total. The van der Waals surface area contributed by atoms with Gasteiger partial charge < -0.3 is 15.5 Å². The molecule has 0 aliphatic carbocycles. The number of imidazole rings is 1. The molecule has 102 valence electrons. The van der Waals surface area contributed by atoms with Crippen LogP contribution in [0.5, 0.6) is 5.75 Å².